The average Bonchev–Trinajstić information content (AvgIpc) is 2.87. The van der Waals surface area contributed by atoms with E-state index in [4.69, 9.17) is 5.26 Å². The summed E-state index contributed by atoms with van der Waals surface area (Å²) in [5.41, 5.74) is 0.760. The Morgan fingerprint density at radius 3 is 2.81 bits per heavy atom. The number of carbonyl (C=O) groups is 1. The molecule has 0 N–H and O–H groups in total. The highest BCUT2D eigenvalue weighted by Crippen LogP contribution is 2.25. The summed E-state index contributed by atoms with van der Waals surface area (Å²) in [4.78, 5) is 16.6. The van der Waals surface area contributed by atoms with E-state index in [1.165, 1.54) is 17.4 Å². The standard InChI is InChI=1S/C14H10F2N2OS2/c1-8-6-21-14(18-8)10(5-17)13(19)7-20-9-2-3-11(15)12(16)4-9/h2-4,6,10H,7H2,1H3/t10-/m0/s1. The molecule has 0 spiro atoms. The van der Waals surface area contributed by atoms with Crippen molar-refractivity contribution < 1.29 is 13.6 Å². The summed E-state index contributed by atoms with van der Waals surface area (Å²) in [6, 6.07) is 5.37. The van der Waals surface area contributed by atoms with E-state index in [2.05, 4.69) is 4.98 Å². The Morgan fingerprint density at radius 1 is 1.48 bits per heavy atom. The molecule has 0 saturated heterocycles. The van der Waals surface area contributed by atoms with Crippen LogP contribution in [-0.2, 0) is 4.79 Å². The van der Waals surface area contributed by atoms with Gasteiger partial charge in [0.05, 0.1) is 11.8 Å². The first-order chi connectivity index (χ1) is 10.0. The number of Topliss-reactive ketones (excluding diaryl/α,β-unsaturated/α-hetero) is 1. The third kappa shape index (κ3) is 3.86. The quantitative estimate of drug-likeness (QED) is 0.787. The van der Waals surface area contributed by atoms with E-state index in [1.807, 2.05) is 6.07 Å². The van der Waals surface area contributed by atoms with Crippen molar-refractivity contribution >= 4 is 28.9 Å². The van der Waals surface area contributed by atoms with E-state index in [9.17, 15) is 13.6 Å². The van der Waals surface area contributed by atoms with E-state index in [0.717, 1.165) is 29.6 Å². The largest absolute Gasteiger partial charge is 0.297 e. The van der Waals surface area contributed by atoms with Gasteiger partial charge in [-0.25, -0.2) is 13.8 Å². The Bertz CT molecular complexity index is 709. The lowest BCUT2D eigenvalue weighted by molar-refractivity contribution is -0.116. The Hall–Kier alpha value is -1.78. The van der Waals surface area contributed by atoms with Crippen LogP contribution in [0.5, 0.6) is 0 Å². The molecule has 1 aromatic carbocycles. The van der Waals surface area contributed by atoms with E-state index in [1.54, 1.807) is 12.3 Å². The van der Waals surface area contributed by atoms with Crippen LogP contribution in [0.15, 0.2) is 28.5 Å². The van der Waals surface area contributed by atoms with Crippen molar-refractivity contribution in [2.24, 2.45) is 0 Å². The van der Waals surface area contributed by atoms with Gasteiger partial charge in [0.25, 0.3) is 0 Å². The summed E-state index contributed by atoms with van der Waals surface area (Å²) in [5, 5.41) is 11.4. The lowest BCUT2D eigenvalue weighted by Gasteiger charge is -2.05. The number of hydrogen-bond acceptors (Lipinski definition) is 5. The first-order valence-corrected chi connectivity index (χ1v) is 7.80. The molecule has 2 aromatic rings. The summed E-state index contributed by atoms with van der Waals surface area (Å²) in [5.74, 6) is -3.11. The minimum Gasteiger partial charge on any atom is -0.297 e. The Balaban J connectivity index is 2.03. The molecule has 1 atom stereocenters. The van der Waals surface area contributed by atoms with Gasteiger partial charge in [-0.1, -0.05) is 0 Å². The number of aryl methyl sites for hydroxylation is 1. The van der Waals surface area contributed by atoms with Gasteiger partial charge in [-0.3, -0.25) is 4.79 Å². The second-order valence-electron chi connectivity index (χ2n) is 4.22. The number of aromatic nitrogens is 1. The molecule has 7 heteroatoms. The van der Waals surface area contributed by atoms with Gasteiger partial charge in [-0.15, -0.1) is 23.1 Å². The first kappa shape index (κ1) is 15.6. The molecule has 3 nitrogen and oxygen atoms in total. The van der Waals surface area contributed by atoms with Crippen molar-refractivity contribution in [1.82, 2.24) is 4.98 Å². The van der Waals surface area contributed by atoms with Crippen molar-refractivity contribution in [3.63, 3.8) is 0 Å². The number of thioether (sulfide) groups is 1. The molecule has 0 bridgehead atoms. The number of carbonyl (C=O) groups excluding carboxylic acids is 1. The third-order valence-corrected chi connectivity index (χ3v) is 4.65. The van der Waals surface area contributed by atoms with Crippen LogP contribution in [0.4, 0.5) is 8.78 Å². The van der Waals surface area contributed by atoms with Gasteiger partial charge in [0.2, 0.25) is 0 Å². The molecule has 0 fully saturated rings. The zero-order valence-corrected chi connectivity index (χ0v) is 12.6. The first-order valence-electron chi connectivity index (χ1n) is 5.93. The number of nitriles is 1. The van der Waals surface area contributed by atoms with Crippen LogP contribution < -0.4 is 0 Å². The van der Waals surface area contributed by atoms with Crippen LogP contribution in [0.1, 0.15) is 16.6 Å². The van der Waals surface area contributed by atoms with Crippen molar-refractivity contribution in [2.75, 3.05) is 5.75 Å². The van der Waals surface area contributed by atoms with E-state index in [0.29, 0.717) is 9.90 Å². The topological polar surface area (TPSA) is 53.8 Å². The minimum absolute atomic E-state index is 0.00191. The molecule has 0 aliphatic rings. The molecule has 1 heterocycles. The number of ketones is 1. The molecule has 2 rings (SSSR count). The monoisotopic (exact) mass is 324 g/mol. The predicted molar refractivity (Wildman–Crippen MR) is 77.3 cm³/mol. The number of thiazole rings is 1. The van der Waals surface area contributed by atoms with E-state index >= 15 is 0 Å². The lowest BCUT2D eigenvalue weighted by Crippen LogP contribution is -2.13. The Labute approximate surface area is 128 Å². The van der Waals surface area contributed by atoms with Crippen LogP contribution in [-0.4, -0.2) is 16.5 Å². The minimum atomic E-state index is -0.958. The molecule has 21 heavy (non-hydrogen) atoms. The smallest absolute Gasteiger partial charge is 0.167 e. The fourth-order valence-corrected chi connectivity index (χ4v) is 3.26. The SMILES string of the molecule is Cc1csc([C@@H](C#N)C(=O)CSc2ccc(F)c(F)c2)n1. The zero-order chi connectivity index (χ0) is 15.4. The van der Waals surface area contributed by atoms with Crippen molar-refractivity contribution in [1.29, 1.82) is 5.26 Å². The van der Waals surface area contributed by atoms with Gasteiger partial charge in [0.1, 0.15) is 5.01 Å². The number of benzene rings is 1. The Kier molecular flexibility index (Phi) is 5.04. The van der Waals surface area contributed by atoms with Gasteiger partial charge in [0.15, 0.2) is 23.3 Å². The molecule has 0 radical (unpaired) electrons. The molecule has 0 aliphatic heterocycles. The van der Waals surface area contributed by atoms with E-state index < -0.39 is 17.6 Å². The highest BCUT2D eigenvalue weighted by molar-refractivity contribution is 8.00. The molecule has 0 saturated carbocycles. The normalized spacial score (nSPS) is 11.9. The predicted octanol–water partition coefficient (Wildman–Crippen LogP) is 3.70. The van der Waals surface area contributed by atoms with E-state index in [-0.39, 0.29) is 11.5 Å². The average molecular weight is 324 g/mol. The van der Waals surface area contributed by atoms with Crippen LogP contribution in [0.25, 0.3) is 0 Å². The van der Waals surface area contributed by atoms with Crippen molar-refractivity contribution in [2.45, 2.75) is 17.7 Å². The maximum Gasteiger partial charge on any atom is 0.167 e. The zero-order valence-electron chi connectivity index (χ0n) is 11.0. The number of halogens is 2. The highest BCUT2D eigenvalue weighted by atomic mass is 32.2. The number of rotatable bonds is 5. The van der Waals surface area contributed by atoms with Crippen LogP contribution in [0, 0.1) is 29.9 Å². The van der Waals surface area contributed by atoms with Gasteiger partial charge < -0.3 is 0 Å². The summed E-state index contributed by atoms with van der Waals surface area (Å²) < 4.78 is 25.9. The molecule has 108 valence electrons. The maximum atomic E-state index is 13.1. The Morgan fingerprint density at radius 2 is 2.24 bits per heavy atom. The molecule has 0 amide bonds. The van der Waals surface area contributed by atoms with Gasteiger partial charge in [-0.2, -0.15) is 5.26 Å². The second-order valence-corrected chi connectivity index (χ2v) is 6.16. The van der Waals surface area contributed by atoms with Gasteiger partial charge in [-0.05, 0) is 25.1 Å². The summed E-state index contributed by atoms with van der Waals surface area (Å²) in [6.45, 7) is 1.79. The second kappa shape index (κ2) is 6.78. The fourth-order valence-electron chi connectivity index (χ4n) is 1.57. The van der Waals surface area contributed by atoms with Crippen LogP contribution >= 0.6 is 23.1 Å². The molecule has 1 aromatic heterocycles. The third-order valence-electron chi connectivity index (χ3n) is 2.61. The summed E-state index contributed by atoms with van der Waals surface area (Å²) in [6.07, 6.45) is 0. The maximum absolute atomic E-state index is 13.1. The summed E-state index contributed by atoms with van der Waals surface area (Å²) in [7, 11) is 0. The van der Waals surface area contributed by atoms with Crippen LogP contribution in [0.2, 0.25) is 0 Å². The number of nitrogens with zero attached hydrogens (tertiary/aromatic N) is 2. The molecular weight excluding hydrogens is 314 g/mol. The van der Waals surface area contributed by atoms with Crippen LogP contribution in [0.3, 0.4) is 0 Å². The van der Waals surface area contributed by atoms with Crippen molar-refractivity contribution in [3.05, 3.63) is 45.9 Å². The number of hydrogen-bond donors (Lipinski definition) is 0. The molecule has 0 unspecified atom stereocenters. The highest BCUT2D eigenvalue weighted by Gasteiger charge is 2.23. The van der Waals surface area contributed by atoms with Gasteiger partial charge in [0, 0.05) is 16.0 Å². The fraction of sp³-hybridized carbons (Fsp3) is 0.214. The molecule has 0 aliphatic carbocycles. The lowest BCUT2D eigenvalue weighted by atomic mass is 10.1. The molecular formula is C14H10F2N2OS2. The van der Waals surface area contributed by atoms with Crippen molar-refractivity contribution in [3.8, 4) is 6.07 Å². The summed E-state index contributed by atoms with van der Waals surface area (Å²) >= 11 is 2.33. The van der Waals surface area contributed by atoms with Gasteiger partial charge >= 0.3 is 0 Å².